The molecule has 2 aromatic rings. The molecule has 2 N–H and O–H groups in total. The largest absolute Gasteiger partial charge is 0.351 e. The Bertz CT molecular complexity index is 799. The second-order valence-electron chi connectivity index (χ2n) is 8.23. The molecule has 150 valence electrons. The molecular formula is C22H31N5O. The Balaban J connectivity index is 1.46. The van der Waals surface area contributed by atoms with Gasteiger partial charge in [-0.25, -0.2) is 4.79 Å². The SMILES string of the molecule is Cn1cc(CN2CCN(C(N)=O)CC2)c(-c2ccc(C3CCCCC3)cc2)n1. The van der Waals surface area contributed by atoms with Crippen molar-refractivity contribution in [1.29, 1.82) is 0 Å². The summed E-state index contributed by atoms with van der Waals surface area (Å²) < 4.78 is 1.90. The van der Waals surface area contributed by atoms with Gasteiger partial charge < -0.3 is 10.6 Å². The number of hydrogen-bond acceptors (Lipinski definition) is 3. The summed E-state index contributed by atoms with van der Waals surface area (Å²) in [5.74, 6) is 0.729. The molecule has 1 saturated heterocycles. The van der Waals surface area contributed by atoms with Crippen LogP contribution in [0, 0.1) is 0 Å². The van der Waals surface area contributed by atoms with E-state index >= 15 is 0 Å². The molecule has 2 amide bonds. The van der Waals surface area contributed by atoms with Crippen molar-refractivity contribution in [2.75, 3.05) is 26.2 Å². The maximum atomic E-state index is 11.3. The lowest BCUT2D eigenvalue weighted by Crippen LogP contribution is -2.50. The van der Waals surface area contributed by atoms with Crippen molar-refractivity contribution in [2.45, 2.75) is 44.6 Å². The third kappa shape index (κ3) is 4.22. The molecule has 0 radical (unpaired) electrons. The van der Waals surface area contributed by atoms with Crippen LogP contribution in [0.15, 0.2) is 30.5 Å². The molecule has 6 nitrogen and oxygen atoms in total. The van der Waals surface area contributed by atoms with E-state index in [1.54, 1.807) is 4.90 Å². The summed E-state index contributed by atoms with van der Waals surface area (Å²) in [4.78, 5) is 15.4. The van der Waals surface area contributed by atoms with Crippen molar-refractivity contribution < 1.29 is 4.79 Å². The number of nitrogens with two attached hydrogens (primary N) is 1. The predicted molar refractivity (Wildman–Crippen MR) is 111 cm³/mol. The number of benzene rings is 1. The van der Waals surface area contributed by atoms with Crippen LogP contribution in [0.5, 0.6) is 0 Å². The lowest BCUT2D eigenvalue weighted by molar-refractivity contribution is 0.140. The quantitative estimate of drug-likeness (QED) is 0.883. The van der Waals surface area contributed by atoms with Crippen molar-refractivity contribution in [3.8, 4) is 11.3 Å². The van der Waals surface area contributed by atoms with E-state index in [1.807, 2.05) is 11.7 Å². The normalized spacial score (nSPS) is 19.1. The predicted octanol–water partition coefficient (Wildman–Crippen LogP) is 3.33. The van der Waals surface area contributed by atoms with Crippen molar-refractivity contribution in [2.24, 2.45) is 12.8 Å². The summed E-state index contributed by atoms with van der Waals surface area (Å²) in [6.45, 7) is 3.93. The fourth-order valence-corrected chi connectivity index (χ4v) is 4.61. The second kappa shape index (κ2) is 8.35. The van der Waals surface area contributed by atoms with Crippen molar-refractivity contribution in [3.63, 3.8) is 0 Å². The van der Waals surface area contributed by atoms with Crippen LogP contribution >= 0.6 is 0 Å². The highest BCUT2D eigenvalue weighted by molar-refractivity contribution is 5.72. The Labute approximate surface area is 167 Å². The molecule has 2 aliphatic rings. The Morgan fingerprint density at radius 1 is 1.07 bits per heavy atom. The Morgan fingerprint density at radius 2 is 1.75 bits per heavy atom. The van der Waals surface area contributed by atoms with Gasteiger partial charge in [0.1, 0.15) is 0 Å². The minimum absolute atomic E-state index is 0.320. The number of amides is 2. The highest BCUT2D eigenvalue weighted by atomic mass is 16.2. The van der Waals surface area contributed by atoms with Crippen LogP contribution in [0.2, 0.25) is 0 Å². The minimum atomic E-state index is -0.320. The van der Waals surface area contributed by atoms with Gasteiger partial charge in [0, 0.05) is 57.1 Å². The first kappa shape index (κ1) is 19.0. The third-order valence-electron chi connectivity index (χ3n) is 6.24. The molecule has 0 unspecified atom stereocenters. The van der Waals surface area contributed by atoms with E-state index in [1.165, 1.54) is 48.8 Å². The molecule has 1 saturated carbocycles. The van der Waals surface area contributed by atoms with Gasteiger partial charge in [-0.3, -0.25) is 9.58 Å². The van der Waals surface area contributed by atoms with Crippen LogP contribution in [-0.4, -0.2) is 51.8 Å². The number of aromatic nitrogens is 2. The number of carbonyl (C=O) groups is 1. The number of rotatable bonds is 4. The fraction of sp³-hybridized carbons (Fsp3) is 0.545. The maximum Gasteiger partial charge on any atom is 0.314 e. The van der Waals surface area contributed by atoms with Crippen molar-refractivity contribution in [3.05, 3.63) is 41.6 Å². The zero-order chi connectivity index (χ0) is 19.5. The Kier molecular flexibility index (Phi) is 5.67. The third-order valence-corrected chi connectivity index (χ3v) is 6.24. The van der Waals surface area contributed by atoms with Crippen LogP contribution in [-0.2, 0) is 13.6 Å². The van der Waals surface area contributed by atoms with Gasteiger partial charge >= 0.3 is 6.03 Å². The van der Waals surface area contributed by atoms with Gasteiger partial charge in [0.05, 0.1) is 5.69 Å². The second-order valence-corrected chi connectivity index (χ2v) is 8.23. The van der Waals surface area contributed by atoms with Gasteiger partial charge in [0.2, 0.25) is 0 Å². The molecule has 2 heterocycles. The molecule has 1 aromatic carbocycles. The van der Waals surface area contributed by atoms with Crippen LogP contribution in [0.25, 0.3) is 11.3 Å². The van der Waals surface area contributed by atoms with E-state index in [4.69, 9.17) is 10.8 Å². The molecule has 1 aromatic heterocycles. The van der Waals surface area contributed by atoms with E-state index in [-0.39, 0.29) is 6.03 Å². The number of nitrogens with zero attached hydrogens (tertiary/aromatic N) is 4. The smallest absolute Gasteiger partial charge is 0.314 e. The van der Waals surface area contributed by atoms with E-state index in [0.717, 1.165) is 31.2 Å². The lowest BCUT2D eigenvalue weighted by Gasteiger charge is -2.33. The first-order chi connectivity index (χ1) is 13.6. The van der Waals surface area contributed by atoms with Crippen molar-refractivity contribution in [1.82, 2.24) is 19.6 Å². The summed E-state index contributed by atoms with van der Waals surface area (Å²) in [5, 5.41) is 4.74. The first-order valence-electron chi connectivity index (χ1n) is 10.5. The Morgan fingerprint density at radius 3 is 2.39 bits per heavy atom. The highest BCUT2D eigenvalue weighted by Crippen LogP contribution is 2.34. The molecule has 0 bridgehead atoms. The molecule has 0 spiro atoms. The maximum absolute atomic E-state index is 11.3. The van der Waals surface area contributed by atoms with Gasteiger partial charge in [-0.1, -0.05) is 43.5 Å². The zero-order valence-electron chi connectivity index (χ0n) is 16.8. The molecule has 4 rings (SSSR count). The van der Waals surface area contributed by atoms with Gasteiger partial charge in [0.15, 0.2) is 0 Å². The summed E-state index contributed by atoms with van der Waals surface area (Å²) in [6, 6.07) is 8.76. The summed E-state index contributed by atoms with van der Waals surface area (Å²) >= 11 is 0. The topological polar surface area (TPSA) is 67.4 Å². The van der Waals surface area contributed by atoms with Gasteiger partial charge in [-0.05, 0) is 24.3 Å². The number of carbonyl (C=O) groups excluding carboxylic acids is 1. The molecule has 1 aliphatic heterocycles. The summed E-state index contributed by atoms with van der Waals surface area (Å²) in [6.07, 6.45) is 8.88. The van der Waals surface area contributed by atoms with Crippen LogP contribution in [0.1, 0.15) is 49.1 Å². The molecule has 2 fully saturated rings. The number of piperazine rings is 1. The monoisotopic (exact) mass is 381 g/mol. The van der Waals surface area contributed by atoms with E-state index in [2.05, 4.69) is 35.4 Å². The van der Waals surface area contributed by atoms with Crippen LogP contribution in [0.3, 0.4) is 0 Å². The highest BCUT2D eigenvalue weighted by Gasteiger charge is 2.21. The van der Waals surface area contributed by atoms with Gasteiger partial charge in [-0.15, -0.1) is 0 Å². The number of aryl methyl sites for hydroxylation is 1. The average Bonchev–Trinajstić information content (AvgIpc) is 3.09. The van der Waals surface area contributed by atoms with Crippen LogP contribution in [0.4, 0.5) is 4.79 Å². The minimum Gasteiger partial charge on any atom is -0.351 e. The zero-order valence-corrected chi connectivity index (χ0v) is 16.8. The Hall–Kier alpha value is -2.34. The van der Waals surface area contributed by atoms with E-state index in [9.17, 15) is 4.79 Å². The fourth-order valence-electron chi connectivity index (χ4n) is 4.61. The first-order valence-corrected chi connectivity index (χ1v) is 10.5. The molecule has 1 aliphatic carbocycles. The molecule has 6 heteroatoms. The van der Waals surface area contributed by atoms with Crippen LogP contribution < -0.4 is 5.73 Å². The molecule has 0 atom stereocenters. The average molecular weight is 382 g/mol. The molecular weight excluding hydrogens is 350 g/mol. The van der Waals surface area contributed by atoms with E-state index in [0.29, 0.717) is 13.1 Å². The molecule has 28 heavy (non-hydrogen) atoms. The van der Waals surface area contributed by atoms with Gasteiger partial charge in [-0.2, -0.15) is 5.10 Å². The number of urea groups is 1. The lowest BCUT2D eigenvalue weighted by atomic mass is 9.84. The summed E-state index contributed by atoms with van der Waals surface area (Å²) in [5.41, 5.74) is 10.4. The number of primary amides is 1. The summed E-state index contributed by atoms with van der Waals surface area (Å²) in [7, 11) is 1.98. The van der Waals surface area contributed by atoms with E-state index < -0.39 is 0 Å². The van der Waals surface area contributed by atoms with Gasteiger partial charge in [0.25, 0.3) is 0 Å². The number of hydrogen-bond donors (Lipinski definition) is 1. The standard InChI is InChI=1S/C22H31N5O/c1-25-15-20(16-26-11-13-27(14-12-26)22(23)28)21(24-25)19-9-7-18(8-10-19)17-5-3-2-4-6-17/h7-10,15,17H,2-6,11-14,16H2,1H3,(H2,23,28). The van der Waals surface area contributed by atoms with Crippen molar-refractivity contribution >= 4 is 6.03 Å².